The summed E-state index contributed by atoms with van der Waals surface area (Å²) in [5.41, 5.74) is 0. The fourth-order valence-electron chi connectivity index (χ4n) is 1.32. The number of hydrogen-bond acceptors (Lipinski definition) is 2. The molecular weight excluding hydrogens is 232 g/mol. The summed E-state index contributed by atoms with van der Waals surface area (Å²) in [6.45, 7) is 0. The molecule has 15 heavy (non-hydrogen) atoms. The largest absolute Gasteiger partial charge is 0.298 e. The Morgan fingerprint density at radius 3 is 2.47 bits per heavy atom. The van der Waals surface area contributed by atoms with E-state index in [-0.39, 0.29) is 17.5 Å². The van der Waals surface area contributed by atoms with Crippen LogP contribution in [0.5, 0.6) is 0 Å². The minimum absolute atomic E-state index is 0.128. The molecule has 0 amide bonds. The Hall–Kier alpha value is -0.670. The lowest BCUT2D eigenvalue weighted by Crippen LogP contribution is -2.12. The highest BCUT2D eigenvalue weighted by Gasteiger charge is 2.30. The van der Waals surface area contributed by atoms with Crippen molar-refractivity contribution in [1.29, 1.82) is 0 Å². The molecule has 1 atom stereocenters. The summed E-state index contributed by atoms with van der Waals surface area (Å²) in [5, 5.41) is 0.615. The highest BCUT2D eigenvalue weighted by Crippen LogP contribution is 2.30. The molecule has 1 aromatic rings. The van der Waals surface area contributed by atoms with Crippen molar-refractivity contribution < 1.29 is 9.00 Å². The third-order valence-electron chi connectivity index (χ3n) is 2.38. The SMILES string of the molecule is O=C(CS(=O)c1ccc(Cl)cc1)C1CC1. The molecule has 0 radical (unpaired) electrons. The van der Waals surface area contributed by atoms with Crippen molar-refractivity contribution >= 4 is 28.2 Å². The summed E-state index contributed by atoms with van der Waals surface area (Å²) in [7, 11) is -1.21. The van der Waals surface area contributed by atoms with Crippen molar-refractivity contribution in [3.8, 4) is 0 Å². The maximum atomic E-state index is 11.7. The van der Waals surface area contributed by atoms with Crippen LogP contribution in [-0.2, 0) is 15.6 Å². The van der Waals surface area contributed by atoms with Crippen molar-refractivity contribution in [3.63, 3.8) is 0 Å². The predicted molar refractivity (Wildman–Crippen MR) is 60.5 cm³/mol. The highest BCUT2D eigenvalue weighted by molar-refractivity contribution is 7.85. The minimum atomic E-state index is -1.21. The van der Waals surface area contributed by atoms with Gasteiger partial charge in [0.2, 0.25) is 0 Å². The predicted octanol–water partition coefficient (Wildman–Crippen LogP) is 2.43. The van der Waals surface area contributed by atoms with Gasteiger partial charge in [0.05, 0.1) is 16.6 Å². The van der Waals surface area contributed by atoms with Gasteiger partial charge in [0, 0.05) is 15.8 Å². The second-order valence-electron chi connectivity index (χ2n) is 3.68. The average Bonchev–Trinajstić information content (AvgIpc) is 3.01. The van der Waals surface area contributed by atoms with Crippen molar-refractivity contribution in [2.45, 2.75) is 17.7 Å². The third kappa shape index (κ3) is 2.89. The summed E-state index contributed by atoms with van der Waals surface area (Å²) >= 11 is 5.72. The molecule has 0 aromatic heterocycles. The molecule has 4 heteroatoms. The monoisotopic (exact) mass is 242 g/mol. The van der Waals surface area contributed by atoms with Gasteiger partial charge in [-0.1, -0.05) is 11.6 Å². The molecule has 2 nitrogen and oxygen atoms in total. The molecule has 0 N–H and O–H groups in total. The van der Waals surface area contributed by atoms with Crippen molar-refractivity contribution in [2.24, 2.45) is 5.92 Å². The van der Waals surface area contributed by atoms with E-state index in [1.165, 1.54) is 0 Å². The van der Waals surface area contributed by atoms with Crippen LogP contribution < -0.4 is 0 Å². The molecule has 1 aliphatic carbocycles. The number of ketones is 1. The molecule has 1 aromatic carbocycles. The Labute approximate surface area is 96.1 Å². The van der Waals surface area contributed by atoms with E-state index in [4.69, 9.17) is 11.6 Å². The van der Waals surface area contributed by atoms with Crippen LogP contribution in [0.1, 0.15) is 12.8 Å². The summed E-state index contributed by atoms with van der Waals surface area (Å²) in [6, 6.07) is 6.80. The minimum Gasteiger partial charge on any atom is -0.298 e. The van der Waals surface area contributed by atoms with Crippen molar-refractivity contribution in [1.82, 2.24) is 0 Å². The number of hydrogen-bond donors (Lipinski definition) is 0. The summed E-state index contributed by atoms with van der Waals surface area (Å²) in [5.74, 6) is 0.455. The quantitative estimate of drug-likeness (QED) is 0.813. The second-order valence-corrected chi connectivity index (χ2v) is 5.57. The first-order chi connectivity index (χ1) is 7.16. The molecule has 0 saturated heterocycles. The number of rotatable bonds is 4. The zero-order chi connectivity index (χ0) is 10.8. The van der Waals surface area contributed by atoms with Gasteiger partial charge in [-0.2, -0.15) is 0 Å². The van der Waals surface area contributed by atoms with Gasteiger partial charge in [-0.05, 0) is 37.1 Å². The van der Waals surface area contributed by atoms with Crippen molar-refractivity contribution in [2.75, 3.05) is 5.75 Å². The first-order valence-corrected chi connectivity index (χ1v) is 6.53. The van der Waals surface area contributed by atoms with Crippen LogP contribution in [0.15, 0.2) is 29.2 Å². The number of carbonyl (C=O) groups is 1. The number of Topliss-reactive ketones (excluding diaryl/α,β-unsaturated/α-hetero) is 1. The topological polar surface area (TPSA) is 34.1 Å². The average molecular weight is 243 g/mol. The van der Waals surface area contributed by atoms with Crippen LogP contribution in [0.25, 0.3) is 0 Å². The third-order valence-corrected chi connectivity index (χ3v) is 3.98. The van der Waals surface area contributed by atoms with Crippen LogP contribution in [0.2, 0.25) is 5.02 Å². The van der Waals surface area contributed by atoms with Gasteiger partial charge in [-0.15, -0.1) is 0 Å². The zero-order valence-corrected chi connectivity index (χ0v) is 9.68. The van der Waals surface area contributed by atoms with E-state index in [1.54, 1.807) is 24.3 Å². The number of carbonyl (C=O) groups excluding carboxylic acids is 1. The van der Waals surface area contributed by atoms with Crippen LogP contribution in [0.4, 0.5) is 0 Å². The maximum absolute atomic E-state index is 11.7. The second kappa shape index (κ2) is 4.45. The Bertz CT molecular complexity index is 396. The molecule has 0 heterocycles. The van der Waals surface area contributed by atoms with Gasteiger partial charge in [0.25, 0.3) is 0 Å². The molecule has 1 saturated carbocycles. The van der Waals surface area contributed by atoms with Gasteiger partial charge < -0.3 is 0 Å². The lowest BCUT2D eigenvalue weighted by atomic mass is 10.3. The van der Waals surface area contributed by atoms with Gasteiger partial charge in [-0.25, -0.2) is 0 Å². The molecule has 0 aliphatic heterocycles. The zero-order valence-electron chi connectivity index (χ0n) is 8.11. The molecular formula is C11H11ClO2S. The fourth-order valence-corrected chi connectivity index (χ4v) is 2.55. The molecule has 0 spiro atoms. The molecule has 0 bridgehead atoms. The Balaban J connectivity index is 2.00. The molecule has 2 rings (SSSR count). The van der Waals surface area contributed by atoms with E-state index in [1.807, 2.05) is 0 Å². The molecule has 80 valence electrons. The highest BCUT2D eigenvalue weighted by atomic mass is 35.5. The smallest absolute Gasteiger partial charge is 0.148 e. The lowest BCUT2D eigenvalue weighted by molar-refractivity contribution is -0.117. The lowest BCUT2D eigenvalue weighted by Gasteiger charge is -2.00. The standard InChI is InChI=1S/C11H11ClO2S/c12-9-3-5-10(6-4-9)15(14)7-11(13)8-1-2-8/h3-6,8H,1-2,7H2. The van der Waals surface area contributed by atoms with Gasteiger partial charge >= 0.3 is 0 Å². The van der Waals surface area contributed by atoms with Crippen LogP contribution in [-0.4, -0.2) is 15.7 Å². The maximum Gasteiger partial charge on any atom is 0.148 e. The normalized spacial score (nSPS) is 17.4. The first kappa shape index (κ1) is 10.8. The van der Waals surface area contributed by atoms with E-state index < -0.39 is 10.8 Å². The molecule has 1 aliphatic rings. The Morgan fingerprint density at radius 2 is 1.93 bits per heavy atom. The number of benzene rings is 1. The molecule has 1 fully saturated rings. The van der Waals surface area contributed by atoms with Crippen molar-refractivity contribution in [3.05, 3.63) is 29.3 Å². The van der Waals surface area contributed by atoms with E-state index in [2.05, 4.69) is 0 Å². The van der Waals surface area contributed by atoms with Gasteiger partial charge in [0.15, 0.2) is 0 Å². The van der Waals surface area contributed by atoms with Crippen LogP contribution >= 0.6 is 11.6 Å². The van der Waals surface area contributed by atoms with Gasteiger partial charge in [-0.3, -0.25) is 9.00 Å². The fraction of sp³-hybridized carbons (Fsp3) is 0.364. The van der Waals surface area contributed by atoms with Crippen LogP contribution in [0, 0.1) is 5.92 Å². The molecule has 1 unspecified atom stereocenters. The van der Waals surface area contributed by atoms with E-state index >= 15 is 0 Å². The Kier molecular flexibility index (Phi) is 3.22. The Morgan fingerprint density at radius 1 is 1.33 bits per heavy atom. The van der Waals surface area contributed by atoms with E-state index in [9.17, 15) is 9.00 Å². The summed E-state index contributed by atoms with van der Waals surface area (Å²) in [6.07, 6.45) is 1.94. The van der Waals surface area contributed by atoms with E-state index in [0.717, 1.165) is 12.8 Å². The van der Waals surface area contributed by atoms with E-state index in [0.29, 0.717) is 9.92 Å². The number of halogens is 1. The summed E-state index contributed by atoms with van der Waals surface area (Å²) in [4.78, 5) is 12.1. The summed E-state index contributed by atoms with van der Waals surface area (Å²) < 4.78 is 11.7. The van der Waals surface area contributed by atoms with Gasteiger partial charge in [0.1, 0.15) is 5.78 Å². The first-order valence-electron chi connectivity index (χ1n) is 4.83. The van der Waals surface area contributed by atoms with Crippen LogP contribution in [0.3, 0.4) is 0 Å².